The Labute approximate surface area is 174 Å². The van der Waals surface area contributed by atoms with Crippen molar-refractivity contribution in [2.24, 2.45) is 11.7 Å². The Kier molecular flexibility index (Phi) is 6.97. The molecule has 0 spiro atoms. The molecule has 0 aliphatic carbocycles. The van der Waals surface area contributed by atoms with Crippen LogP contribution in [-0.4, -0.2) is 41.3 Å². The van der Waals surface area contributed by atoms with E-state index in [1.165, 1.54) is 6.07 Å². The quantitative estimate of drug-likeness (QED) is 0.451. The Morgan fingerprint density at radius 1 is 1.17 bits per heavy atom. The van der Waals surface area contributed by atoms with Gasteiger partial charge in [0.15, 0.2) is 0 Å². The number of rotatable bonds is 8. The second-order valence-corrected chi connectivity index (χ2v) is 7.35. The highest BCUT2D eigenvalue weighted by molar-refractivity contribution is 5.94. The van der Waals surface area contributed by atoms with Crippen molar-refractivity contribution < 1.29 is 14.5 Å². The van der Waals surface area contributed by atoms with E-state index in [4.69, 9.17) is 5.73 Å². The lowest BCUT2D eigenvalue weighted by atomic mass is 9.97. The zero-order chi connectivity index (χ0) is 21.5. The lowest BCUT2D eigenvalue weighted by molar-refractivity contribution is -0.383. The third-order valence-electron chi connectivity index (χ3n) is 5.09. The maximum Gasteiger partial charge on any atom is 0.292 e. The molecule has 4 N–H and O–H groups in total. The molecule has 9 nitrogen and oxygen atoms in total. The monoisotopic (exact) mass is 411 g/mol. The van der Waals surface area contributed by atoms with Gasteiger partial charge in [0.25, 0.3) is 5.69 Å². The molecular weight excluding hydrogens is 386 g/mol. The van der Waals surface area contributed by atoms with Gasteiger partial charge in [0.2, 0.25) is 11.8 Å². The number of benzene rings is 2. The average Bonchev–Trinajstić information content (AvgIpc) is 2.74. The second-order valence-electron chi connectivity index (χ2n) is 7.35. The van der Waals surface area contributed by atoms with E-state index in [1.807, 2.05) is 24.3 Å². The highest BCUT2D eigenvalue weighted by Gasteiger charge is 2.23. The van der Waals surface area contributed by atoms with Gasteiger partial charge in [-0.2, -0.15) is 0 Å². The van der Waals surface area contributed by atoms with E-state index in [0.29, 0.717) is 17.9 Å². The van der Waals surface area contributed by atoms with Crippen LogP contribution in [0.4, 0.5) is 17.1 Å². The van der Waals surface area contributed by atoms with E-state index in [2.05, 4.69) is 15.5 Å². The molecule has 1 aliphatic rings. The van der Waals surface area contributed by atoms with Gasteiger partial charge < -0.3 is 16.4 Å². The number of carbonyl (C=O) groups excluding carboxylic acids is 2. The molecule has 3 rings (SSSR count). The van der Waals surface area contributed by atoms with E-state index in [9.17, 15) is 19.7 Å². The Bertz CT molecular complexity index is 916. The first-order chi connectivity index (χ1) is 14.4. The van der Waals surface area contributed by atoms with E-state index in [1.54, 1.807) is 18.2 Å². The summed E-state index contributed by atoms with van der Waals surface area (Å²) in [5.41, 5.74) is 7.37. The fourth-order valence-corrected chi connectivity index (χ4v) is 3.55. The van der Waals surface area contributed by atoms with Crippen molar-refractivity contribution in [1.29, 1.82) is 0 Å². The van der Waals surface area contributed by atoms with Crippen molar-refractivity contribution in [2.75, 3.05) is 30.3 Å². The molecule has 1 atom stereocenters. The molecule has 0 radical (unpaired) electrons. The van der Waals surface area contributed by atoms with Crippen LogP contribution in [-0.2, 0) is 16.1 Å². The molecule has 1 heterocycles. The number of hydrogen-bond acceptors (Lipinski definition) is 6. The molecule has 2 aromatic carbocycles. The van der Waals surface area contributed by atoms with Gasteiger partial charge in [0.1, 0.15) is 5.69 Å². The molecule has 30 heavy (non-hydrogen) atoms. The Morgan fingerprint density at radius 3 is 2.60 bits per heavy atom. The van der Waals surface area contributed by atoms with Gasteiger partial charge in [-0.3, -0.25) is 24.6 Å². The van der Waals surface area contributed by atoms with Crippen LogP contribution in [0.25, 0.3) is 0 Å². The summed E-state index contributed by atoms with van der Waals surface area (Å²) in [4.78, 5) is 36.3. The SMILES string of the molecule is NC(=O)C1CCCN(Cc2ccc(NC(=O)CNc3ccccc3[N+](=O)[O-])cc2)C1. The van der Waals surface area contributed by atoms with E-state index in [-0.39, 0.29) is 30.0 Å². The number of nitrogens with zero attached hydrogens (tertiary/aromatic N) is 2. The largest absolute Gasteiger partial charge is 0.371 e. The standard InChI is InChI=1S/C21H25N5O4/c22-21(28)16-4-3-11-25(14-16)13-15-7-9-17(10-8-15)24-20(27)12-23-18-5-1-2-6-19(18)26(29)30/h1-2,5-10,16,23H,3-4,11-14H2,(H2,22,28)(H,24,27). The maximum atomic E-state index is 12.2. The van der Waals surface area contributed by atoms with Crippen LogP contribution >= 0.6 is 0 Å². The Hall–Kier alpha value is -3.46. The third kappa shape index (κ3) is 5.77. The molecule has 9 heteroatoms. The van der Waals surface area contributed by atoms with Gasteiger partial charge in [-0.05, 0) is 43.1 Å². The molecule has 0 bridgehead atoms. The van der Waals surface area contributed by atoms with Crippen molar-refractivity contribution in [3.05, 3.63) is 64.2 Å². The lowest BCUT2D eigenvalue weighted by Crippen LogP contribution is -2.40. The summed E-state index contributed by atoms with van der Waals surface area (Å²) < 4.78 is 0. The molecular formula is C21H25N5O4. The summed E-state index contributed by atoms with van der Waals surface area (Å²) in [6, 6.07) is 13.7. The van der Waals surface area contributed by atoms with Crippen molar-refractivity contribution in [3.8, 4) is 0 Å². The lowest BCUT2D eigenvalue weighted by Gasteiger charge is -2.31. The van der Waals surface area contributed by atoms with Crippen molar-refractivity contribution in [3.63, 3.8) is 0 Å². The number of likely N-dealkylation sites (tertiary alicyclic amines) is 1. The number of nitrogens with one attached hydrogen (secondary N) is 2. The zero-order valence-corrected chi connectivity index (χ0v) is 16.5. The van der Waals surface area contributed by atoms with Crippen LogP contribution < -0.4 is 16.4 Å². The highest BCUT2D eigenvalue weighted by Crippen LogP contribution is 2.23. The summed E-state index contributed by atoms with van der Waals surface area (Å²) in [5, 5.41) is 16.6. The van der Waals surface area contributed by atoms with Gasteiger partial charge in [0, 0.05) is 24.8 Å². The summed E-state index contributed by atoms with van der Waals surface area (Å²) >= 11 is 0. The molecule has 1 aliphatic heterocycles. The van der Waals surface area contributed by atoms with Gasteiger partial charge >= 0.3 is 0 Å². The van der Waals surface area contributed by atoms with Gasteiger partial charge in [0.05, 0.1) is 17.4 Å². The van der Waals surface area contributed by atoms with Crippen LogP contribution in [0.15, 0.2) is 48.5 Å². The minimum absolute atomic E-state index is 0.0778. The van der Waals surface area contributed by atoms with Crippen molar-refractivity contribution in [2.45, 2.75) is 19.4 Å². The third-order valence-corrected chi connectivity index (χ3v) is 5.09. The summed E-state index contributed by atoms with van der Waals surface area (Å²) in [6.07, 6.45) is 1.80. The van der Waals surface area contributed by atoms with E-state index >= 15 is 0 Å². The first kappa shape index (κ1) is 21.3. The zero-order valence-electron chi connectivity index (χ0n) is 16.5. The van der Waals surface area contributed by atoms with Crippen LogP contribution in [0.1, 0.15) is 18.4 Å². The number of nitro benzene ring substituents is 1. The number of hydrogen-bond donors (Lipinski definition) is 3. The van der Waals surface area contributed by atoms with Crippen LogP contribution in [0.3, 0.4) is 0 Å². The molecule has 1 unspecified atom stereocenters. The predicted molar refractivity (Wildman–Crippen MR) is 114 cm³/mol. The normalized spacial score (nSPS) is 16.6. The van der Waals surface area contributed by atoms with Crippen LogP contribution in [0.5, 0.6) is 0 Å². The number of carbonyl (C=O) groups is 2. The Morgan fingerprint density at radius 2 is 1.90 bits per heavy atom. The highest BCUT2D eigenvalue weighted by atomic mass is 16.6. The molecule has 1 fully saturated rings. The Balaban J connectivity index is 1.50. The fourth-order valence-electron chi connectivity index (χ4n) is 3.55. The average molecular weight is 411 g/mol. The van der Waals surface area contributed by atoms with Crippen molar-refractivity contribution >= 4 is 28.9 Å². The fraction of sp³-hybridized carbons (Fsp3) is 0.333. The number of nitrogens with two attached hydrogens (primary N) is 1. The first-order valence-corrected chi connectivity index (χ1v) is 9.80. The van der Waals surface area contributed by atoms with E-state index in [0.717, 1.165) is 31.5 Å². The first-order valence-electron chi connectivity index (χ1n) is 9.80. The number of para-hydroxylation sites is 2. The summed E-state index contributed by atoms with van der Waals surface area (Å²) in [7, 11) is 0. The van der Waals surface area contributed by atoms with Gasteiger partial charge in [-0.15, -0.1) is 0 Å². The topological polar surface area (TPSA) is 131 Å². The smallest absolute Gasteiger partial charge is 0.292 e. The predicted octanol–water partition coefficient (Wildman–Crippen LogP) is 2.34. The van der Waals surface area contributed by atoms with Crippen molar-refractivity contribution in [1.82, 2.24) is 4.90 Å². The summed E-state index contributed by atoms with van der Waals surface area (Å²) in [5.74, 6) is -0.640. The van der Waals surface area contributed by atoms with Gasteiger partial charge in [-0.1, -0.05) is 24.3 Å². The van der Waals surface area contributed by atoms with Crippen LogP contribution in [0.2, 0.25) is 0 Å². The molecule has 1 saturated heterocycles. The number of anilines is 2. The minimum Gasteiger partial charge on any atom is -0.371 e. The number of nitro groups is 1. The number of piperidine rings is 1. The molecule has 2 aromatic rings. The minimum atomic E-state index is -0.493. The number of primary amides is 1. The van der Waals surface area contributed by atoms with E-state index < -0.39 is 4.92 Å². The summed E-state index contributed by atoms with van der Waals surface area (Å²) in [6.45, 7) is 2.23. The second kappa shape index (κ2) is 9.84. The van der Waals surface area contributed by atoms with Gasteiger partial charge in [-0.25, -0.2) is 0 Å². The molecule has 0 saturated carbocycles. The molecule has 158 valence electrons. The molecule has 0 aromatic heterocycles. The maximum absolute atomic E-state index is 12.2. The molecule has 2 amide bonds. The van der Waals surface area contributed by atoms with Crippen LogP contribution in [0, 0.1) is 16.0 Å². The number of amides is 2.